The second-order valence-electron chi connectivity index (χ2n) is 8.89. The summed E-state index contributed by atoms with van der Waals surface area (Å²) in [4.78, 5) is 2.35. The van der Waals surface area contributed by atoms with Crippen LogP contribution in [0.25, 0.3) is 0 Å². The van der Waals surface area contributed by atoms with E-state index >= 15 is 0 Å². The lowest BCUT2D eigenvalue weighted by atomic mass is 9.89. The van der Waals surface area contributed by atoms with Gasteiger partial charge in [0.15, 0.2) is 19.7 Å². The summed E-state index contributed by atoms with van der Waals surface area (Å²) in [5, 5.41) is -0.893. The molecule has 2 aromatic rings. The van der Waals surface area contributed by atoms with Crippen LogP contribution in [0, 0.1) is 5.92 Å². The van der Waals surface area contributed by atoms with E-state index in [9.17, 15) is 16.8 Å². The average Bonchev–Trinajstić information content (AvgIpc) is 3.11. The van der Waals surface area contributed by atoms with Gasteiger partial charge in [-0.15, -0.1) is 0 Å². The number of piperidine rings is 1. The van der Waals surface area contributed by atoms with E-state index in [-0.39, 0.29) is 16.4 Å². The predicted octanol–water partition coefficient (Wildman–Crippen LogP) is 3.14. The third kappa shape index (κ3) is 5.04. The lowest BCUT2D eigenvalue weighted by molar-refractivity contribution is 0.144. The number of rotatable bonds is 6. The van der Waals surface area contributed by atoms with Crippen LogP contribution < -0.4 is 0 Å². The Morgan fingerprint density at radius 2 is 1.55 bits per heavy atom. The highest BCUT2D eigenvalue weighted by atomic mass is 32.2. The zero-order chi connectivity index (χ0) is 22.1. The summed E-state index contributed by atoms with van der Waals surface area (Å²) < 4.78 is 51.8. The molecule has 2 aromatic carbocycles. The molecular formula is C24H31NO4S2. The Bertz CT molecular complexity index is 1090. The van der Waals surface area contributed by atoms with Crippen LogP contribution in [0.5, 0.6) is 0 Å². The van der Waals surface area contributed by atoms with E-state index in [0.717, 1.165) is 44.3 Å². The van der Waals surface area contributed by atoms with E-state index in [1.165, 1.54) is 5.56 Å². The van der Waals surface area contributed by atoms with E-state index < -0.39 is 31.0 Å². The summed E-state index contributed by atoms with van der Waals surface area (Å²) >= 11 is 0. The summed E-state index contributed by atoms with van der Waals surface area (Å²) in [7, 11) is -7.10. The van der Waals surface area contributed by atoms with Crippen molar-refractivity contribution in [3.8, 4) is 0 Å². The molecule has 31 heavy (non-hydrogen) atoms. The highest BCUT2D eigenvalue weighted by molar-refractivity contribution is 7.96. The molecule has 2 heterocycles. The first-order chi connectivity index (χ1) is 14.8. The van der Waals surface area contributed by atoms with E-state index in [0.29, 0.717) is 5.92 Å². The SMILES string of the molecule is CCc1ccc(S(=O)(=O)[C@@H]2CS(=O)(=O)C[C@@H]2N2CCC(Cc3ccccc3)CC2)cc1. The van der Waals surface area contributed by atoms with Gasteiger partial charge in [-0.1, -0.05) is 49.4 Å². The lowest BCUT2D eigenvalue weighted by Crippen LogP contribution is -2.49. The fourth-order valence-corrected chi connectivity index (χ4v) is 9.79. The second-order valence-corrected chi connectivity index (χ2v) is 13.2. The van der Waals surface area contributed by atoms with E-state index in [1.807, 2.05) is 25.1 Å². The van der Waals surface area contributed by atoms with Gasteiger partial charge in [-0.2, -0.15) is 0 Å². The van der Waals surface area contributed by atoms with Crippen molar-refractivity contribution in [2.24, 2.45) is 5.92 Å². The van der Waals surface area contributed by atoms with Crippen molar-refractivity contribution in [3.63, 3.8) is 0 Å². The van der Waals surface area contributed by atoms with Crippen LogP contribution in [-0.4, -0.2) is 57.6 Å². The summed E-state index contributed by atoms with van der Waals surface area (Å²) in [6.07, 6.45) is 3.77. The van der Waals surface area contributed by atoms with Crippen LogP contribution >= 0.6 is 0 Å². The molecule has 2 saturated heterocycles. The van der Waals surface area contributed by atoms with Gasteiger partial charge in [-0.25, -0.2) is 16.8 Å². The molecule has 0 saturated carbocycles. The molecule has 168 valence electrons. The van der Waals surface area contributed by atoms with Gasteiger partial charge >= 0.3 is 0 Å². The number of sulfone groups is 2. The van der Waals surface area contributed by atoms with Gasteiger partial charge in [0.2, 0.25) is 0 Å². The van der Waals surface area contributed by atoms with Gasteiger partial charge in [0.1, 0.15) is 0 Å². The lowest BCUT2D eigenvalue weighted by Gasteiger charge is -2.37. The number of nitrogens with zero attached hydrogens (tertiary/aromatic N) is 1. The molecule has 0 aromatic heterocycles. The van der Waals surface area contributed by atoms with E-state index in [2.05, 4.69) is 29.2 Å². The third-order valence-electron chi connectivity index (χ3n) is 6.82. The van der Waals surface area contributed by atoms with Crippen LogP contribution in [0.15, 0.2) is 59.5 Å². The quantitative estimate of drug-likeness (QED) is 0.661. The molecule has 0 N–H and O–H groups in total. The number of hydrogen-bond acceptors (Lipinski definition) is 5. The van der Waals surface area contributed by atoms with Crippen molar-refractivity contribution in [2.45, 2.75) is 48.8 Å². The monoisotopic (exact) mass is 461 g/mol. The number of benzene rings is 2. The van der Waals surface area contributed by atoms with E-state index in [4.69, 9.17) is 0 Å². The number of likely N-dealkylation sites (tertiary alicyclic amines) is 1. The Morgan fingerprint density at radius 1 is 0.903 bits per heavy atom. The minimum Gasteiger partial charge on any atom is -0.298 e. The van der Waals surface area contributed by atoms with Crippen molar-refractivity contribution in [1.29, 1.82) is 0 Å². The number of hydrogen-bond donors (Lipinski definition) is 0. The summed E-state index contributed by atoms with van der Waals surface area (Å²) in [6.45, 7) is 3.52. The Labute approximate surface area is 186 Å². The molecule has 0 spiro atoms. The smallest absolute Gasteiger partial charge is 0.183 e. The minimum atomic E-state index is -3.72. The molecule has 5 nitrogen and oxygen atoms in total. The van der Waals surface area contributed by atoms with Crippen molar-refractivity contribution in [3.05, 3.63) is 65.7 Å². The fourth-order valence-electron chi connectivity index (χ4n) is 4.96. The van der Waals surface area contributed by atoms with Crippen LogP contribution in [0.1, 0.15) is 30.9 Å². The molecule has 0 aliphatic carbocycles. The Morgan fingerprint density at radius 3 is 2.16 bits per heavy atom. The maximum Gasteiger partial charge on any atom is 0.183 e. The van der Waals surface area contributed by atoms with Crippen LogP contribution in [-0.2, 0) is 32.5 Å². The molecule has 2 atom stereocenters. The molecule has 7 heteroatoms. The van der Waals surface area contributed by atoms with Gasteiger partial charge in [-0.3, -0.25) is 4.90 Å². The van der Waals surface area contributed by atoms with Crippen molar-refractivity contribution in [1.82, 2.24) is 4.90 Å². The topological polar surface area (TPSA) is 71.5 Å². The third-order valence-corrected chi connectivity index (χ3v) is 11.0. The van der Waals surface area contributed by atoms with Crippen LogP contribution in [0.2, 0.25) is 0 Å². The van der Waals surface area contributed by atoms with Gasteiger partial charge in [0, 0.05) is 6.04 Å². The van der Waals surface area contributed by atoms with Crippen LogP contribution in [0.3, 0.4) is 0 Å². The number of aryl methyl sites for hydroxylation is 1. The largest absolute Gasteiger partial charge is 0.298 e. The Kier molecular flexibility index (Phi) is 6.56. The Balaban J connectivity index is 1.49. The highest BCUT2D eigenvalue weighted by Gasteiger charge is 2.48. The van der Waals surface area contributed by atoms with E-state index in [1.54, 1.807) is 12.1 Å². The van der Waals surface area contributed by atoms with Crippen molar-refractivity contribution in [2.75, 3.05) is 24.6 Å². The van der Waals surface area contributed by atoms with Gasteiger partial charge in [-0.05, 0) is 68.0 Å². The molecule has 0 bridgehead atoms. The maximum atomic E-state index is 13.4. The average molecular weight is 462 g/mol. The minimum absolute atomic E-state index is 0.0622. The van der Waals surface area contributed by atoms with Crippen molar-refractivity contribution < 1.29 is 16.8 Å². The summed E-state index contributed by atoms with van der Waals surface area (Å²) in [5.74, 6) is 0.209. The van der Waals surface area contributed by atoms with Crippen LogP contribution in [0.4, 0.5) is 0 Å². The highest BCUT2D eigenvalue weighted by Crippen LogP contribution is 2.32. The molecule has 0 radical (unpaired) electrons. The first-order valence-corrected chi connectivity index (χ1v) is 14.5. The molecule has 2 aliphatic rings. The molecule has 2 fully saturated rings. The zero-order valence-corrected chi connectivity index (χ0v) is 19.6. The standard InChI is InChI=1S/C24H31NO4S2/c1-2-19-8-10-22(11-9-19)31(28,29)24-18-30(26,27)17-23(24)25-14-12-21(13-15-25)16-20-6-4-3-5-7-20/h3-11,21,23-24H,2,12-18H2,1H3/t23-,24+/m0/s1. The summed E-state index contributed by atoms with van der Waals surface area (Å²) in [5.41, 5.74) is 2.38. The predicted molar refractivity (Wildman–Crippen MR) is 124 cm³/mol. The first-order valence-electron chi connectivity index (χ1n) is 11.1. The zero-order valence-electron chi connectivity index (χ0n) is 18.0. The van der Waals surface area contributed by atoms with Crippen molar-refractivity contribution >= 4 is 19.7 Å². The molecular weight excluding hydrogens is 430 g/mol. The molecule has 4 rings (SSSR count). The second kappa shape index (κ2) is 9.04. The fraction of sp³-hybridized carbons (Fsp3) is 0.500. The molecule has 2 aliphatic heterocycles. The van der Waals surface area contributed by atoms with Gasteiger partial charge in [0.05, 0.1) is 21.7 Å². The Hall–Kier alpha value is -1.70. The molecule has 0 amide bonds. The van der Waals surface area contributed by atoms with Gasteiger partial charge in [0.25, 0.3) is 0 Å². The van der Waals surface area contributed by atoms with Gasteiger partial charge < -0.3 is 0 Å². The normalized spacial score (nSPS) is 24.9. The maximum absolute atomic E-state index is 13.4. The summed E-state index contributed by atoms with van der Waals surface area (Å²) in [6, 6.07) is 16.8. The first kappa shape index (κ1) is 22.5. The molecule has 0 unspecified atom stereocenters.